The van der Waals surface area contributed by atoms with Crippen molar-refractivity contribution in [2.24, 2.45) is 18.4 Å². The van der Waals surface area contributed by atoms with Crippen LogP contribution in [0.1, 0.15) is 85.9 Å². The highest BCUT2D eigenvalue weighted by Gasteiger charge is 2.46. The molecule has 4 aliphatic rings. The van der Waals surface area contributed by atoms with Gasteiger partial charge in [0.15, 0.2) is 11.3 Å². The number of amides is 3. The number of aromatic nitrogens is 7. The first-order valence-electron chi connectivity index (χ1n) is 19.1. The number of benzene rings is 1. The van der Waals surface area contributed by atoms with Crippen LogP contribution in [0.3, 0.4) is 0 Å². The second kappa shape index (κ2) is 13.7. The zero-order valence-electron chi connectivity index (χ0n) is 30.5. The van der Waals surface area contributed by atoms with Gasteiger partial charge in [0, 0.05) is 57.1 Å². The molecule has 7 heterocycles. The van der Waals surface area contributed by atoms with Gasteiger partial charge >= 0.3 is 5.69 Å². The van der Waals surface area contributed by atoms with E-state index in [-0.39, 0.29) is 40.7 Å². The van der Waals surface area contributed by atoms with E-state index < -0.39 is 30.0 Å². The maximum atomic E-state index is 14.1. The van der Waals surface area contributed by atoms with Gasteiger partial charge in [0.05, 0.1) is 34.6 Å². The van der Waals surface area contributed by atoms with Gasteiger partial charge in [-0.3, -0.25) is 33.5 Å². The molecule has 3 saturated heterocycles. The average molecular weight is 756 g/mol. The van der Waals surface area contributed by atoms with Crippen LogP contribution in [0.25, 0.3) is 16.7 Å². The van der Waals surface area contributed by atoms with Crippen molar-refractivity contribution in [2.45, 2.75) is 69.9 Å². The fourth-order valence-corrected chi connectivity index (χ4v) is 9.35. The molecule has 1 aliphatic carbocycles. The van der Waals surface area contributed by atoms with Crippen molar-refractivity contribution >= 4 is 45.8 Å². The molecule has 4 fully saturated rings. The predicted molar refractivity (Wildman–Crippen MR) is 198 cm³/mol. The van der Waals surface area contributed by atoms with Crippen LogP contribution in [0.4, 0.5) is 20.2 Å². The van der Waals surface area contributed by atoms with Gasteiger partial charge in [0.1, 0.15) is 11.6 Å². The monoisotopic (exact) mass is 755 g/mol. The topological polar surface area (TPSA) is 157 Å². The molecule has 17 heteroatoms. The normalized spacial score (nSPS) is 23.1. The number of para-hydroxylation sites is 1. The lowest BCUT2D eigenvalue weighted by Crippen LogP contribution is -2.60. The number of halogens is 2. The molecule has 0 bridgehead atoms. The zero-order chi connectivity index (χ0) is 38.0. The lowest BCUT2D eigenvalue weighted by Gasteiger charge is -2.55. The number of nitrogens with one attached hydrogen (secondary N) is 2. The third-order valence-electron chi connectivity index (χ3n) is 12.4. The SMILES string of the molecule is Cn1c(=O)n(C2CCC(=O)NC2=O)c2cccc(N3CC4(CCN(C[C@H]5CC[C@H](n6cc(NC(=O)c7cnn8cccnc78)c(C(F)F)n6)CC5)CC4)C3)c21. The summed E-state index contributed by atoms with van der Waals surface area (Å²) in [5, 5.41) is 13.4. The Morgan fingerprint density at radius 1 is 1.05 bits per heavy atom. The van der Waals surface area contributed by atoms with Crippen molar-refractivity contribution in [3.63, 3.8) is 0 Å². The van der Waals surface area contributed by atoms with Gasteiger partial charge in [0.2, 0.25) is 11.8 Å². The number of piperidine rings is 2. The molecule has 1 saturated carbocycles. The minimum Gasteiger partial charge on any atom is -0.369 e. The number of hydrogen-bond acceptors (Lipinski definition) is 9. The Morgan fingerprint density at radius 3 is 2.58 bits per heavy atom. The first kappa shape index (κ1) is 35.3. The lowest BCUT2D eigenvalue weighted by atomic mass is 9.71. The van der Waals surface area contributed by atoms with E-state index >= 15 is 0 Å². The summed E-state index contributed by atoms with van der Waals surface area (Å²) in [5.74, 6) is -0.794. The van der Waals surface area contributed by atoms with Gasteiger partial charge in [0.25, 0.3) is 12.3 Å². The van der Waals surface area contributed by atoms with Crippen LogP contribution in [0.2, 0.25) is 0 Å². The van der Waals surface area contributed by atoms with E-state index in [1.807, 2.05) is 18.2 Å². The Bertz CT molecular complexity index is 2360. The molecule has 4 aromatic heterocycles. The number of aryl methyl sites for hydroxylation is 1. The van der Waals surface area contributed by atoms with Gasteiger partial charge in [-0.15, -0.1) is 0 Å². The van der Waals surface area contributed by atoms with Crippen LogP contribution in [0.15, 0.2) is 53.8 Å². The minimum absolute atomic E-state index is 0.000526. The average Bonchev–Trinajstić information content (AvgIpc) is 3.86. The van der Waals surface area contributed by atoms with E-state index in [1.54, 1.807) is 39.3 Å². The minimum atomic E-state index is -2.84. The number of rotatable bonds is 8. The number of nitrogens with zero attached hydrogens (tertiary/aromatic N) is 9. The quantitative estimate of drug-likeness (QED) is 0.223. The number of likely N-dealkylation sites (tertiary alicyclic amines) is 1. The fraction of sp³-hybridized carbons (Fsp3) is 0.500. The number of anilines is 2. The highest BCUT2D eigenvalue weighted by molar-refractivity contribution is 6.08. The van der Waals surface area contributed by atoms with Crippen LogP contribution in [-0.2, 0) is 16.6 Å². The van der Waals surface area contributed by atoms with Gasteiger partial charge in [-0.05, 0) is 82.2 Å². The van der Waals surface area contributed by atoms with Crippen molar-refractivity contribution in [3.05, 3.63) is 70.8 Å². The van der Waals surface area contributed by atoms with Crippen molar-refractivity contribution in [3.8, 4) is 0 Å². The molecule has 1 atom stereocenters. The van der Waals surface area contributed by atoms with Crippen LogP contribution in [-0.4, -0.2) is 88.9 Å². The van der Waals surface area contributed by atoms with Gasteiger partial charge in [-0.2, -0.15) is 10.2 Å². The van der Waals surface area contributed by atoms with E-state index in [1.165, 1.54) is 16.9 Å². The van der Waals surface area contributed by atoms with E-state index in [0.29, 0.717) is 23.5 Å². The van der Waals surface area contributed by atoms with E-state index in [0.717, 1.165) is 82.5 Å². The van der Waals surface area contributed by atoms with E-state index in [9.17, 15) is 28.0 Å². The number of imidazole rings is 1. The molecule has 55 heavy (non-hydrogen) atoms. The number of imide groups is 1. The van der Waals surface area contributed by atoms with Crippen LogP contribution >= 0.6 is 0 Å². The van der Waals surface area contributed by atoms with Crippen molar-refractivity contribution in [2.75, 3.05) is 42.9 Å². The summed E-state index contributed by atoms with van der Waals surface area (Å²) in [4.78, 5) is 60.0. The summed E-state index contributed by atoms with van der Waals surface area (Å²) in [6.45, 7) is 4.87. The maximum absolute atomic E-state index is 14.1. The predicted octanol–water partition coefficient (Wildman–Crippen LogP) is 4.08. The third kappa shape index (κ3) is 6.27. The molecular weight excluding hydrogens is 712 g/mol. The number of alkyl halides is 2. The summed E-state index contributed by atoms with van der Waals surface area (Å²) < 4.78 is 34.3. The molecule has 1 aromatic carbocycles. The van der Waals surface area contributed by atoms with Crippen LogP contribution in [0, 0.1) is 11.3 Å². The Balaban J connectivity index is 0.786. The lowest BCUT2D eigenvalue weighted by molar-refractivity contribution is -0.135. The number of carbonyl (C=O) groups excluding carboxylic acids is 3. The molecule has 288 valence electrons. The standard InChI is InChI=1S/C38H43F2N11O4/c1-46-32-27(4-2-5-28(32)51(37(46)55)29-10-11-30(52)44-36(29)54)48-21-38(22-48)12-16-47(17-13-38)19-23-6-8-24(9-7-23)50-20-26(31(45-50)33(39)40)43-35(53)25-18-42-49-15-3-14-41-34(25)49/h2-5,14-15,18,20,23-24,29,33H,6-13,16-17,19,21-22H2,1H3,(H,43,53)(H,44,52,54)/t23-,24-,29?. The van der Waals surface area contributed by atoms with E-state index in [2.05, 4.69) is 35.6 Å². The third-order valence-corrected chi connectivity index (χ3v) is 12.4. The molecule has 3 aliphatic heterocycles. The molecule has 15 nitrogen and oxygen atoms in total. The highest BCUT2D eigenvalue weighted by atomic mass is 19.3. The molecule has 1 spiro atoms. The summed E-state index contributed by atoms with van der Waals surface area (Å²) >= 11 is 0. The van der Waals surface area contributed by atoms with Gasteiger partial charge in [-0.1, -0.05) is 6.07 Å². The van der Waals surface area contributed by atoms with Crippen LogP contribution < -0.4 is 21.2 Å². The maximum Gasteiger partial charge on any atom is 0.329 e. The van der Waals surface area contributed by atoms with Gasteiger partial charge < -0.3 is 15.1 Å². The Labute approximate surface area is 314 Å². The number of fused-ring (bicyclic) bond motifs is 2. The second-order valence-electron chi connectivity index (χ2n) is 15.8. The number of carbonyl (C=O) groups is 3. The summed E-state index contributed by atoms with van der Waals surface area (Å²) in [7, 11) is 1.74. The second-order valence-corrected chi connectivity index (χ2v) is 15.8. The summed E-state index contributed by atoms with van der Waals surface area (Å²) in [6, 6.07) is 6.81. The Kier molecular flexibility index (Phi) is 8.78. The Hall–Kier alpha value is -5.45. The van der Waals surface area contributed by atoms with Crippen LogP contribution in [0.5, 0.6) is 0 Å². The zero-order valence-corrected chi connectivity index (χ0v) is 30.5. The van der Waals surface area contributed by atoms with Crippen molar-refractivity contribution in [1.82, 2.24) is 43.7 Å². The smallest absolute Gasteiger partial charge is 0.329 e. The van der Waals surface area contributed by atoms with E-state index in [4.69, 9.17) is 0 Å². The number of hydrogen-bond donors (Lipinski definition) is 2. The van der Waals surface area contributed by atoms with Crippen molar-refractivity contribution < 1.29 is 23.2 Å². The van der Waals surface area contributed by atoms with Gasteiger partial charge in [-0.25, -0.2) is 23.1 Å². The Morgan fingerprint density at radius 2 is 1.84 bits per heavy atom. The highest BCUT2D eigenvalue weighted by Crippen LogP contribution is 2.45. The molecule has 0 radical (unpaired) electrons. The summed E-state index contributed by atoms with van der Waals surface area (Å²) in [5.41, 5.74) is 2.55. The molecular formula is C38H43F2N11O4. The molecule has 2 N–H and O–H groups in total. The first-order chi connectivity index (χ1) is 26.6. The first-order valence-corrected chi connectivity index (χ1v) is 19.1. The molecule has 1 unspecified atom stereocenters. The summed E-state index contributed by atoms with van der Waals surface area (Å²) in [6.07, 6.45) is 9.55. The van der Waals surface area contributed by atoms with Crippen molar-refractivity contribution in [1.29, 1.82) is 0 Å². The fourth-order valence-electron chi connectivity index (χ4n) is 9.35. The largest absolute Gasteiger partial charge is 0.369 e. The molecule has 9 rings (SSSR count). The molecule has 5 aromatic rings. The molecule has 3 amide bonds.